The third kappa shape index (κ3) is 2.07. The summed E-state index contributed by atoms with van der Waals surface area (Å²) in [5, 5.41) is 0. The minimum Gasteiger partial charge on any atom is -0.380 e. The molecule has 2 nitrogen and oxygen atoms in total. The molecular formula is C13H17F2NO. The normalized spacial score (nSPS) is 19.1. The van der Waals surface area contributed by atoms with Gasteiger partial charge in [-0.3, -0.25) is 0 Å². The molecule has 4 heteroatoms. The van der Waals surface area contributed by atoms with Crippen molar-refractivity contribution >= 4 is 0 Å². The van der Waals surface area contributed by atoms with Crippen LogP contribution in [-0.4, -0.2) is 13.2 Å². The van der Waals surface area contributed by atoms with Gasteiger partial charge in [-0.25, -0.2) is 8.78 Å². The molecule has 0 saturated heterocycles. The van der Waals surface area contributed by atoms with Crippen LogP contribution in [0.4, 0.5) is 8.78 Å². The first-order chi connectivity index (χ1) is 8.01. The minimum absolute atomic E-state index is 0.172. The van der Waals surface area contributed by atoms with E-state index in [1.807, 2.05) is 6.92 Å². The average molecular weight is 241 g/mol. The highest BCUT2D eigenvalue weighted by Gasteiger charge is 2.49. The first-order valence-electron chi connectivity index (χ1n) is 5.74. The van der Waals surface area contributed by atoms with Crippen molar-refractivity contribution in [1.29, 1.82) is 0 Å². The van der Waals surface area contributed by atoms with Gasteiger partial charge in [-0.15, -0.1) is 0 Å². The molecule has 0 amide bonds. The topological polar surface area (TPSA) is 35.2 Å². The van der Waals surface area contributed by atoms with Gasteiger partial charge < -0.3 is 10.5 Å². The number of nitrogens with two attached hydrogens (primary N) is 1. The van der Waals surface area contributed by atoms with E-state index in [-0.39, 0.29) is 18.1 Å². The van der Waals surface area contributed by atoms with Crippen LogP contribution in [0.3, 0.4) is 0 Å². The molecule has 0 spiro atoms. The van der Waals surface area contributed by atoms with Crippen molar-refractivity contribution in [3.8, 4) is 0 Å². The molecule has 1 aliphatic carbocycles. The van der Waals surface area contributed by atoms with E-state index in [2.05, 4.69) is 0 Å². The lowest BCUT2D eigenvalue weighted by Crippen LogP contribution is -2.32. The highest BCUT2D eigenvalue weighted by atomic mass is 19.2. The fraction of sp³-hybridized carbons (Fsp3) is 0.538. The minimum atomic E-state index is -0.818. The van der Waals surface area contributed by atoms with E-state index >= 15 is 0 Å². The van der Waals surface area contributed by atoms with Crippen molar-refractivity contribution in [2.75, 3.05) is 7.11 Å². The van der Waals surface area contributed by atoms with Crippen LogP contribution < -0.4 is 5.73 Å². The van der Waals surface area contributed by atoms with Crippen LogP contribution in [0.25, 0.3) is 0 Å². The summed E-state index contributed by atoms with van der Waals surface area (Å²) in [6, 6.07) is 2.69. The molecule has 1 unspecified atom stereocenters. The first kappa shape index (κ1) is 12.5. The maximum atomic E-state index is 13.8. The van der Waals surface area contributed by atoms with Gasteiger partial charge in [0.05, 0.1) is 6.61 Å². The lowest BCUT2D eigenvalue weighted by atomic mass is 9.88. The lowest BCUT2D eigenvalue weighted by molar-refractivity contribution is 0.184. The summed E-state index contributed by atoms with van der Waals surface area (Å²) in [6.45, 7) is 2.12. The predicted octanol–water partition coefficient (Wildman–Crippen LogP) is 2.49. The van der Waals surface area contributed by atoms with Gasteiger partial charge in [0, 0.05) is 18.6 Å². The maximum Gasteiger partial charge on any atom is 0.162 e. The van der Waals surface area contributed by atoms with Crippen LogP contribution in [0, 0.1) is 11.6 Å². The number of rotatable bonds is 4. The Bertz CT molecular complexity index is 428. The summed E-state index contributed by atoms with van der Waals surface area (Å²) in [4.78, 5) is 0. The number of methoxy groups -OCH3 is 1. The predicted molar refractivity (Wildman–Crippen MR) is 61.6 cm³/mol. The zero-order valence-corrected chi connectivity index (χ0v) is 10.1. The summed E-state index contributed by atoms with van der Waals surface area (Å²) in [5.74, 6) is -1.58. The van der Waals surface area contributed by atoms with Crippen molar-refractivity contribution in [2.24, 2.45) is 5.73 Å². The zero-order chi connectivity index (χ0) is 12.6. The van der Waals surface area contributed by atoms with E-state index < -0.39 is 11.6 Å². The lowest BCUT2D eigenvalue weighted by Gasteiger charge is -2.21. The maximum absolute atomic E-state index is 13.8. The summed E-state index contributed by atoms with van der Waals surface area (Å²) >= 11 is 0. The van der Waals surface area contributed by atoms with Gasteiger partial charge in [0.15, 0.2) is 11.6 Å². The third-order valence-corrected chi connectivity index (χ3v) is 3.60. The molecule has 2 rings (SSSR count). The number of ether oxygens (including phenoxy) is 1. The molecular weight excluding hydrogens is 224 g/mol. The molecule has 1 atom stereocenters. The van der Waals surface area contributed by atoms with Crippen molar-refractivity contribution in [1.82, 2.24) is 0 Å². The number of benzene rings is 1. The van der Waals surface area contributed by atoms with Crippen LogP contribution in [0.2, 0.25) is 0 Å². The van der Waals surface area contributed by atoms with Crippen molar-refractivity contribution in [2.45, 2.75) is 37.8 Å². The molecule has 1 fully saturated rings. The Kier molecular flexibility index (Phi) is 3.19. The molecule has 0 aromatic heterocycles. The van der Waals surface area contributed by atoms with Gasteiger partial charge in [0.2, 0.25) is 0 Å². The van der Waals surface area contributed by atoms with Gasteiger partial charge in [-0.05, 0) is 43.0 Å². The Hall–Kier alpha value is -1.00. The number of hydrogen-bond donors (Lipinski definition) is 1. The smallest absolute Gasteiger partial charge is 0.162 e. The molecule has 0 aliphatic heterocycles. The Morgan fingerprint density at radius 1 is 1.41 bits per heavy atom. The number of halogens is 2. The van der Waals surface area contributed by atoms with Crippen molar-refractivity contribution < 1.29 is 13.5 Å². The largest absolute Gasteiger partial charge is 0.380 e. The molecule has 1 aliphatic rings. The van der Waals surface area contributed by atoms with E-state index in [0.717, 1.165) is 12.8 Å². The van der Waals surface area contributed by atoms with E-state index in [0.29, 0.717) is 11.1 Å². The van der Waals surface area contributed by atoms with Crippen LogP contribution in [-0.2, 0) is 16.8 Å². The quantitative estimate of drug-likeness (QED) is 0.879. The standard InChI is InChI=1S/C13H17F2NO/c1-8(16)13(3-4-13)10-5-9(7-17-2)6-11(14)12(10)15/h5-6,8H,3-4,7,16H2,1-2H3. The van der Waals surface area contributed by atoms with E-state index in [9.17, 15) is 8.78 Å². The van der Waals surface area contributed by atoms with Crippen LogP contribution in [0.15, 0.2) is 12.1 Å². The Morgan fingerprint density at radius 3 is 2.53 bits per heavy atom. The molecule has 0 radical (unpaired) electrons. The second-order valence-corrected chi connectivity index (χ2v) is 4.82. The fourth-order valence-corrected chi connectivity index (χ4v) is 2.36. The molecule has 94 valence electrons. The first-order valence-corrected chi connectivity index (χ1v) is 5.74. The zero-order valence-electron chi connectivity index (χ0n) is 10.1. The molecule has 0 heterocycles. The highest BCUT2D eigenvalue weighted by Crippen LogP contribution is 2.51. The van der Waals surface area contributed by atoms with Crippen molar-refractivity contribution in [3.05, 3.63) is 34.9 Å². The second-order valence-electron chi connectivity index (χ2n) is 4.82. The Labute approximate surface area is 99.8 Å². The summed E-state index contributed by atoms with van der Waals surface area (Å²) in [7, 11) is 1.53. The van der Waals surface area contributed by atoms with Crippen molar-refractivity contribution in [3.63, 3.8) is 0 Å². The molecule has 1 aromatic rings. The SMILES string of the molecule is COCc1cc(F)c(F)c(C2(C(C)N)CC2)c1. The van der Waals surface area contributed by atoms with Crippen LogP contribution in [0.5, 0.6) is 0 Å². The highest BCUT2D eigenvalue weighted by molar-refractivity contribution is 5.38. The molecule has 0 bridgehead atoms. The molecule has 1 aromatic carbocycles. The molecule has 2 N–H and O–H groups in total. The van der Waals surface area contributed by atoms with Gasteiger partial charge in [-0.2, -0.15) is 0 Å². The van der Waals surface area contributed by atoms with E-state index in [1.165, 1.54) is 13.2 Å². The monoisotopic (exact) mass is 241 g/mol. The van der Waals surface area contributed by atoms with E-state index in [4.69, 9.17) is 10.5 Å². The third-order valence-electron chi connectivity index (χ3n) is 3.60. The average Bonchev–Trinajstić information content (AvgIpc) is 3.04. The summed E-state index contributed by atoms with van der Waals surface area (Å²) in [5.41, 5.74) is 6.56. The summed E-state index contributed by atoms with van der Waals surface area (Å²) in [6.07, 6.45) is 1.63. The van der Waals surface area contributed by atoms with Gasteiger partial charge >= 0.3 is 0 Å². The van der Waals surface area contributed by atoms with Gasteiger partial charge in [0.1, 0.15) is 0 Å². The van der Waals surface area contributed by atoms with Crippen LogP contribution >= 0.6 is 0 Å². The number of hydrogen-bond acceptors (Lipinski definition) is 2. The molecule has 17 heavy (non-hydrogen) atoms. The van der Waals surface area contributed by atoms with Gasteiger partial charge in [0.25, 0.3) is 0 Å². The molecule has 1 saturated carbocycles. The Balaban J connectivity index is 2.46. The Morgan fingerprint density at radius 2 is 2.06 bits per heavy atom. The fourth-order valence-electron chi connectivity index (χ4n) is 2.36. The van der Waals surface area contributed by atoms with E-state index in [1.54, 1.807) is 6.07 Å². The summed E-state index contributed by atoms with van der Waals surface area (Å²) < 4.78 is 32.3. The second kappa shape index (κ2) is 4.35. The van der Waals surface area contributed by atoms with Gasteiger partial charge in [-0.1, -0.05) is 0 Å². The van der Waals surface area contributed by atoms with Crippen LogP contribution in [0.1, 0.15) is 30.9 Å².